The normalized spacial score (nSPS) is 11.4. The fourth-order valence-electron chi connectivity index (χ4n) is 0.400. The van der Waals surface area contributed by atoms with Gasteiger partial charge in [0, 0.05) is 0 Å². The molecule has 0 aromatic heterocycles. The Kier molecular flexibility index (Phi) is 8.88. The van der Waals surface area contributed by atoms with Crippen LogP contribution in [0.5, 0.6) is 0 Å². The maximum Gasteiger partial charge on any atom is 0.241 e. The Hall–Kier alpha value is -0.403. The van der Waals surface area contributed by atoms with Crippen LogP contribution >= 0.6 is 0 Å². The minimum Gasteiger partial charge on any atom is -0.550 e. The standard InChI is InChI=1S/C5H12OSi.C4H11NO3/c1-5-6-7(2,3)4;5-4(1-6,2-7)3-8/h5H,1H2,2-4H3;6-8H,1-3,5H2. The largest absolute Gasteiger partial charge is 0.550 e. The summed E-state index contributed by atoms with van der Waals surface area (Å²) < 4.78 is 5.13. The quantitative estimate of drug-likeness (QED) is 0.387. The van der Waals surface area contributed by atoms with E-state index in [2.05, 4.69) is 26.2 Å². The highest BCUT2D eigenvalue weighted by molar-refractivity contribution is 6.69. The van der Waals surface area contributed by atoms with Gasteiger partial charge in [0.25, 0.3) is 0 Å². The molecule has 5 N–H and O–H groups in total. The van der Waals surface area contributed by atoms with E-state index in [1.807, 2.05) is 0 Å². The van der Waals surface area contributed by atoms with E-state index in [-0.39, 0.29) is 0 Å². The van der Waals surface area contributed by atoms with Crippen molar-refractivity contribution in [3.8, 4) is 0 Å². The molecule has 92 valence electrons. The zero-order valence-electron chi connectivity index (χ0n) is 9.73. The summed E-state index contributed by atoms with van der Waals surface area (Å²) in [7, 11) is -1.28. The van der Waals surface area contributed by atoms with E-state index < -0.39 is 33.7 Å². The van der Waals surface area contributed by atoms with Crippen LogP contribution in [-0.2, 0) is 4.43 Å². The Morgan fingerprint density at radius 1 is 1.20 bits per heavy atom. The van der Waals surface area contributed by atoms with Gasteiger partial charge >= 0.3 is 0 Å². The third-order valence-electron chi connectivity index (χ3n) is 1.38. The summed E-state index contributed by atoms with van der Waals surface area (Å²) in [5.74, 6) is 0. The van der Waals surface area contributed by atoms with Crippen molar-refractivity contribution in [2.45, 2.75) is 25.2 Å². The van der Waals surface area contributed by atoms with Crippen LogP contribution in [0, 0.1) is 0 Å². The lowest BCUT2D eigenvalue weighted by Crippen LogP contribution is -2.50. The molecule has 0 rings (SSSR count). The third kappa shape index (κ3) is 11.5. The molecule has 0 aliphatic heterocycles. The van der Waals surface area contributed by atoms with Crippen LogP contribution in [0.4, 0.5) is 0 Å². The second-order valence-corrected chi connectivity index (χ2v) is 8.69. The van der Waals surface area contributed by atoms with E-state index >= 15 is 0 Å². The molecule has 0 aromatic carbocycles. The molecule has 0 radical (unpaired) electrons. The molecular formula is C9H23NO4Si. The van der Waals surface area contributed by atoms with Gasteiger partial charge in [-0.3, -0.25) is 0 Å². The molecule has 0 atom stereocenters. The van der Waals surface area contributed by atoms with Crippen LogP contribution < -0.4 is 5.73 Å². The van der Waals surface area contributed by atoms with Crippen molar-refractivity contribution in [3.05, 3.63) is 12.8 Å². The molecule has 0 aliphatic carbocycles. The monoisotopic (exact) mass is 237 g/mol. The maximum atomic E-state index is 8.34. The second kappa shape index (κ2) is 7.83. The number of rotatable bonds is 5. The third-order valence-corrected chi connectivity index (χ3v) is 2.26. The zero-order chi connectivity index (χ0) is 12.5. The molecule has 0 bridgehead atoms. The van der Waals surface area contributed by atoms with Gasteiger partial charge in [-0.25, -0.2) is 0 Å². The van der Waals surface area contributed by atoms with Gasteiger partial charge in [0.2, 0.25) is 8.32 Å². The van der Waals surface area contributed by atoms with Crippen LogP contribution in [-0.4, -0.2) is 49.0 Å². The van der Waals surface area contributed by atoms with Crippen molar-refractivity contribution in [2.75, 3.05) is 19.8 Å². The molecule has 0 heterocycles. The van der Waals surface area contributed by atoms with Crippen molar-refractivity contribution in [2.24, 2.45) is 5.73 Å². The molecule has 0 aliphatic rings. The summed E-state index contributed by atoms with van der Waals surface area (Å²) in [6.07, 6.45) is 1.52. The van der Waals surface area contributed by atoms with Crippen LogP contribution in [0.3, 0.4) is 0 Å². The van der Waals surface area contributed by atoms with Crippen molar-refractivity contribution in [1.82, 2.24) is 0 Å². The smallest absolute Gasteiger partial charge is 0.241 e. The Balaban J connectivity index is 0. The summed E-state index contributed by atoms with van der Waals surface area (Å²) in [6.45, 7) is 8.61. The fourth-order valence-corrected chi connectivity index (χ4v) is 0.900. The Labute approximate surface area is 92.3 Å². The van der Waals surface area contributed by atoms with E-state index in [4.69, 9.17) is 25.5 Å². The highest BCUT2D eigenvalue weighted by Crippen LogP contribution is 2.00. The molecule has 15 heavy (non-hydrogen) atoms. The van der Waals surface area contributed by atoms with Crippen molar-refractivity contribution in [1.29, 1.82) is 0 Å². The van der Waals surface area contributed by atoms with Gasteiger partial charge in [-0.05, 0) is 19.6 Å². The second-order valence-electron chi connectivity index (χ2n) is 4.23. The molecular weight excluding hydrogens is 214 g/mol. The number of aliphatic hydroxyl groups is 3. The molecule has 0 spiro atoms. The molecule has 0 unspecified atom stereocenters. The lowest BCUT2D eigenvalue weighted by atomic mass is 10.1. The summed E-state index contributed by atoms with van der Waals surface area (Å²) in [4.78, 5) is 0. The van der Waals surface area contributed by atoms with Gasteiger partial charge in [-0.1, -0.05) is 6.58 Å². The maximum absolute atomic E-state index is 8.34. The highest BCUT2D eigenvalue weighted by Gasteiger charge is 2.20. The molecule has 0 saturated heterocycles. The Morgan fingerprint density at radius 2 is 1.53 bits per heavy atom. The molecule has 0 saturated carbocycles. The minimum atomic E-state index is -1.28. The fraction of sp³-hybridized carbons (Fsp3) is 0.778. The number of hydrogen-bond donors (Lipinski definition) is 4. The van der Waals surface area contributed by atoms with E-state index in [9.17, 15) is 0 Å². The lowest BCUT2D eigenvalue weighted by molar-refractivity contribution is 0.0698. The van der Waals surface area contributed by atoms with Crippen LogP contribution in [0.25, 0.3) is 0 Å². The van der Waals surface area contributed by atoms with E-state index in [1.165, 1.54) is 6.26 Å². The summed E-state index contributed by atoms with van der Waals surface area (Å²) in [5.41, 5.74) is 3.94. The van der Waals surface area contributed by atoms with Crippen LogP contribution in [0.2, 0.25) is 19.6 Å². The first kappa shape index (κ1) is 17.0. The van der Waals surface area contributed by atoms with Gasteiger partial charge in [0.1, 0.15) is 0 Å². The molecule has 0 fully saturated rings. The summed E-state index contributed by atoms with van der Waals surface area (Å²) >= 11 is 0. The van der Waals surface area contributed by atoms with Gasteiger partial charge < -0.3 is 25.5 Å². The highest BCUT2D eigenvalue weighted by atomic mass is 28.4. The molecule has 5 nitrogen and oxygen atoms in total. The van der Waals surface area contributed by atoms with E-state index in [0.717, 1.165) is 0 Å². The average Bonchev–Trinajstić information content (AvgIpc) is 2.16. The van der Waals surface area contributed by atoms with Crippen molar-refractivity contribution >= 4 is 8.32 Å². The van der Waals surface area contributed by atoms with Gasteiger partial charge in [-0.2, -0.15) is 0 Å². The van der Waals surface area contributed by atoms with Crippen molar-refractivity contribution in [3.63, 3.8) is 0 Å². The van der Waals surface area contributed by atoms with Gasteiger partial charge in [0.15, 0.2) is 0 Å². The molecule has 0 aromatic rings. The molecule has 6 heteroatoms. The SMILES string of the molecule is C=CO[Si](C)(C)C.NC(CO)(CO)CO. The number of aliphatic hydroxyl groups excluding tert-OH is 3. The Bertz CT molecular complexity index is 158. The van der Waals surface area contributed by atoms with Crippen molar-refractivity contribution < 1.29 is 19.7 Å². The zero-order valence-corrected chi connectivity index (χ0v) is 10.7. The van der Waals surface area contributed by atoms with E-state index in [1.54, 1.807) is 0 Å². The van der Waals surface area contributed by atoms with E-state index in [0.29, 0.717) is 0 Å². The van der Waals surface area contributed by atoms with Crippen LogP contribution in [0.15, 0.2) is 12.8 Å². The topological polar surface area (TPSA) is 95.9 Å². The number of hydrogen-bond acceptors (Lipinski definition) is 5. The van der Waals surface area contributed by atoms with Gasteiger partial charge in [0.05, 0.1) is 31.6 Å². The predicted molar refractivity (Wildman–Crippen MR) is 62.8 cm³/mol. The lowest BCUT2D eigenvalue weighted by Gasteiger charge is -2.20. The van der Waals surface area contributed by atoms with Crippen LogP contribution in [0.1, 0.15) is 0 Å². The average molecular weight is 237 g/mol. The first-order valence-corrected chi connectivity index (χ1v) is 8.05. The number of nitrogens with two attached hydrogens (primary N) is 1. The first-order chi connectivity index (χ1) is 6.74. The molecule has 0 amide bonds. The van der Waals surface area contributed by atoms with Gasteiger partial charge in [-0.15, -0.1) is 0 Å². The summed E-state index contributed by atoms with van der Waals surface area (Å²) in [5, 5.41) is 25.0. The Morgan fingerprint density at radius 3 is 1.53 bits per heavy atom. The first-order valence-electron chi connectivity index (χ1n) is 4.65. The minimum absolute atomic E-state index is 0.403. The predicted octanol–water partition coefficient (Wildman–Crippen LogP) is -0.358. The summed E-state index contributed by atoms with van der Waals surface area (Å²) in [6, 6.07) is 0.